The van der Waals surface area contributed by atoms with E-state index in [0.29, 0.717) is 5.82 Å². The largest absolute Gasteiger partial charge is 0.444 e. The van der Waals surface area contributed by atoms with Gasteiger partial charge in [-0.25, -0.2) is 9.78 Å². The van der Waals surface area contributed by atoms with E-state index in [1.165, 1.54) is 0 Å². The Bertz CT molecular complexity index is 724. The lowest BCUT2D eigenvalue weighted by Crippen LogP contribution is -2.40. The molecule has 2 N–H and O–H groups in total. The van der Waals surface area contributed by atoms with Gasteiger partial charge in [0.05, 0.1) is 17.9 Å². The monoisotopic (exact) mass is 407 g/mol. The molecule has 0 aliphatic rings. The maximum absolute atomic E-state index is 12.2. The third-order valence-electron chi connectivity index (χ3n) is 3.55. The topological polar surface area (TPSA) is 67.0 Å². The Morgan fingerprint density at radius 2 is 1.76 bits per heavy atom. The van der Waals surface area contributed by atoms with Gasteiger partial charge in [0.1, 0.15) is 11.4 Å². The van der Waals surface area contributed by atoms with Gasteiger partial charge in [0.2, 0.25) is 0 Å². The van der Waals surface area contributed by atoms with Crippen LogP contribution >= 0.6 is 15.9 Å². The first-order valence-corrected chi connectivity index (χ1v) is 9.05. The molecule has 1 atom stereocenters. The van der Waals surface area contributed by atoms with E-state index in [-0.39, 0.29) is 11.5 Å². The zero-order valence-corrected chi connectivity index (χ0v) is 17.2. The Morgan fingerprint density at radius 1 is 1.16 bits per heavy atom. The zero-order valence-electron chi connectivity index (χ0n) is 15.6. The van der Waals surface area contributed by atoms with Gasteiger partial charge >= 0.3 is 6.09 Å². The van der Waals surface area contributed by atoms with E-state index in [2.05, 4.69) is 52.0 Å². The van der Waals surface area contributed by atoms with Gasteiger partial charge in [-0.05, 0) is 43.9 Å². The lowest BCUT2D eigenvalue weighted by atomic mass is 9.86. The maximum atomic E-state index is 12.2. The first-order valence-electron chi connectivity index (χ1n) is 8.26. The number of nitrogens with zero attached hydrogens (tertiary/aromatic N) is 1. The van der Waals surface area contributed by atoms with Crippen LogP contribution in [-0.4, -0.2) is 21.7 Å². The van der Waals surface area contributed by atoms with Gasteiger partial charge in [-0.2, -0.15) is 0 Å². The number of H-pyrrole nitrogens is 1. The van der Waals surface area contributed by atoms with Crippen molar-refractivity contribution in [2.75, 3.05) is 0 Å². The SMILES string of the molecule is CC(C)(C)OC(=O)NC(c1ncc(-c2ccc(Br)cc2)[nH]1)C(C)(C)C. The molecule has 0 spiro atoms. The van der Waals surface area contributed by atoms with Crippen molar-refractivity contribution in [1.29, 1.82) is 0 Å². The Labute approximate surface area is 157 Å². The molecular weight excluding hydrogens is 382 g/mol. The normalized spacial score (nSPS) is 13.4. The van der Waals surface area contributed by atoms with Crippen LogP contribution in [0.2, 0.25) is 0 Å². The van der Waals surface area contributed by atoms with Crippen molar-refractivity contribution in [2.24, 2.45) is 5.41 Å². The van der Waals surface area contributed by atoms with E-state index in [1.54, 1.807) is 6.20 Å². The van der Waals surface area contributed by atoms with Crippen LogP contribution in [0, 0.1) is 5.41 Å². The van der Waals surface area contributed by atoms with Crippen LogP contribution < -0.4 is 5.32 Å². The van der Waals surface area contributed by atoms with E-state index < -0.39 is 11.7 Å². The number of carbonyl (C=O) groups is 1. The first kappa shape index (κ1) is 19.5. The molecule has 1 unspecified atom stereocenters. The Morgan fingerprint density at radius 3 is 2.28 bits per heavy atom. The molecule has 6 heteroatoms. The highest BCUT2D eigenvalue weighted by Crippen LogP contribution is 2.32. The lowest BCUT2D eigenvalue weighted by Gasteiger charge is -2.31. The van der Waals surface area contributed by atoms with Crippen molar-refractivity contribution < 1.29 is 9.53 Å². The summed E-state index contributed by atoms with van der Waals surface area (Å²) in [7, 11) is 0. The summed E-state index contributed by atoms with van der Waals surface area (Å²) in [6, 6.07) is 7.68. The van der Waals surface area contributed by atoms with E-state index in [1.807, 2.05) is 45.0 Å². The summed E-state index contributed by atoms with van der Waals surface area (Å²) in [6.07, 6.45) is 1.34. The fraction of sp³-hybridized carbons (Fsp3) is 0.474. The van der Waals surface area contributed by atoms with Gasteiger partial charge in [-0.3, -0.25) is 0 Å². The molecule has 0 radical (unpaired) electrons. The van der Waals surface area contributed by atoms with Gasteiger partial charge in [0.25, 0.3) is 0 Å². The molecule has 1 aromatic carbocycles. The molecule has 2 aromatic rings. The van der Waals surface area contributed by atoms with Crippen molar-refractivity contribution >= 4 is 22.0 Å². The summed E-state index contributed by atoms with van der Waals surface area (Å²) in [5.41, 5.74) is 1.17. The number of carbonyl (C=O) groups excluding carboxylic acids is 1. The second kappa shape index (κ2) is 7.20. The predicted octanol–water partition coefficient (Wildman–Crippen LogP) is 5.45. The average molecular weight is 408 g/mol. The molecule has 1 heterocycles. The molecule has 5 nitrogen and oxygen atoms in total. The van der Waals surface area contributed by atoms with E-state index in [4.69, 9.17) is 4.74 Å². The van der Waals surface area contributed by atoms with Crippen molar-refractivity contribution in [3.05, 3.63) is 40.8 Å². The Balaban J connectivity index is 2.24. The summed E-state index contributed by atoms with van der Waals surface area (Å²) < 4.78 is 6.42. The van der Waals surface area contributed by atoms with Gasteiger partial charge in [0.15, 0.2) is 0 Å². The van der Waals surface area contributed by atoms with Crippen molar-refractivity contribution in [3.63, 3.8) is 0 Å². The number of alkyl carbamates (subject to hydrolysis) is 1. The molecule has 0 aliphatic heterocycles. The smallest absolute Gasteiger partial charge is 0.408 e. The van der Waals surface area contributed by atoms with Crippen molar-refractivity contribution in [1.82, 2.24) is 15.3 Å². The quantitative estimate of drug-likeness (QED) is 0.710. The molecule has 1 amide bonds. The molecule has 1 aromatic heterocycles. The molecule has 0 aliphatic carbocycles. The lowest BCUT2D eigenvalue weighted by molar-refractivity contribution is 0.0458. The van der Waals surface area contributed by atoms with E-state index >= 15 is 0 Å². The van der Waals surface area contributed by atoms with Crippen LogP contribution in [0.5, 0.6) is 0 Å². The molecule has 0 bridgehead atoms. The number of rotatable bonds is 3. The number of benzene rings is 1. The van der Waals surface area contributed by atoms with Crippen molar-refractivity contribution in [3.8, 4) is 11.3 Å². The maximum Gasteiger partial charge on any atom is 0.408 e. The molecule has 2 rings (SSSR count). The van der Waals surface area contributed by atoms with Gasteiger partial charge in [-0.15, -0.1) is 0 Å². The molecular formula is C19H26BrN3O2. The van der Waals surface area contributed by atoms with Gasteiger partial charge in [0, 0.05) is 4.47 Å². The number of aromatic nitrogens is 2. The number of hydrogen-bond acceptors (Lipinski definition) is 3. The summed E-state index contributed by atoms with van der Waals surface area (Å²) in [5, 5.41) is 2.94. The first-order chi connectivity index (χ1) is 11.5. The van der Waals surface area contributed by atoms with E-state index in [0.717, 1.165) is 15.7 Å². The minimum atomic E-state index is -0.543. The summed E-state index contributed by atoms with van der Waals surface area (Å²) in [4.78, 5) is 20.0. The van der Waals surface area contributed by atoms with Crippen LogP contribution in [0.1, 0.15) is 53.4 Å². The third-order valence-corrected chi connectivity index (χ3v) is 4.08. The highest BCUT2D eigenvalue weighted by Gasteiger charge is 2.32. The van der Waals surface area contributed by atoms with Crippen LogP contribution in [0.3, 0.4) is 0 Å². The summed E-state index contributed by atoms with van der Waals surface area (Å²) in [5.74, 6) is 0.705. The highest BCUT2D eigenvalue weighted by molar-refractivity contribution is 9.10. The number of imidazole rings is 1. The Kier molecular flexibility index (Phi) is 5.62. The van der Waals surface area contributed by atoms with Crippen LogP contribution in [-0.2, 0) is 4.74 Å². The second-order valence-corrected chi connectivity index (χ2v) is 9.05. The number of nitrogens with one attached hydrogen (secondary N) is 2. The predicted molar refractivity (Wildman–Crippen MR) is 103 cm³/mol. The Hall–Kier alpha value is -1.82. The van der Waals surface area contributed by atoms with Gasteiger partial charge < -0.3 is 15.0 Å². The summed E-state index contributed by atoms with van der Waals surface area (Å²) in [6.45, 7) is 11.7. The fourth-order valence-electron chi connectivity index (χ4n) is 2.38. The van der Waals surface area contributed by atoms with Gasteiger partial charge in [-0.1, -0.05) is 48.8 Å². The van der Waals surface area contributed by atoms with Crippen LogP contribution in [0.15, 0.2) is 34.9 Å². The third kappa shape index (κ3) is 5.59. The fourth-order valence-corrected chi connectivity index (χ4v) is 2.64. The minimum Gasteiger partial charge on any atom is -0.444 e. The molecule has 0 fully saturated rings. The molecule has 25 heavy (non-hydrogen) atoms. The zero-order chi connectivity index (χ0) is 18.8. The average Bonchev–Trinajstić information content (AvgIpc) is 2.91. The second-order valence-electron chi connectivity index (χ2n) is 8.13. The van der Waals surface area contributed by atoms with Crippen LogP contribution in [0.25, 0.3) is 11.3 Å². The number of amides is 1. The highest BCUT2D eigenvalue weighted by atomic mass is 79.9. The van der Waals surface area contributed by atoms with Crippen molar-refractivity contribution in [2.45, 2.75) is 53.2 Å². The number of aromatic amines is 1. The standard InChI is InChI=1S/C19H26BrN3O2/c1-18(2,3)15(23-17(24)25-19(4,5)6)16-21-11-14(22-16)12-7-9-13(20)10-8-12/h7-11,15H,1-6H3,(H,21,22)(H,23,24). The molecule has 0 saturated heterocycles. The molecule has 0 saturated carbocycles. The molecule has 136 valence electrons. The number of ether oxygens (including phenoxy) is 1. The minimum absolute atomic E-state index is 0.230. The summed E-state index contributed by atoms with van der Waals surface area (Å²) >= 11 is 3.44. The van der Waals surface area contributed by atoms with E-state index in [9.17, 15) is 4.79 Å². The number of hydrogen-bond donors (Lipinski definition) is 2. The van der Waals surface area contributed by atoms with Crippen LogP contribution in [0.4, 0.5) is 4.79 Å². The number of halogens is 1.